The smallest absolute Gasteiger partial charge is 0.191 e. The first-order valence-electron chi connectivity index (χ1n) is 9.75. The number of H-pyrrole nitrogens is 1. The van der Waals surface area contributed by atoms with Crippen molar-refractivity contribution >= 4 is 5.96 Å². The maximum Gasteiger partial charge on any atom is 0.191 e. The lowest BCUT2D eigenvalue weighted by atomic mass is 9.73. The summed E-state index contributed by atoms with van der Waals surface area (Å²) in [6.45, 7) is 6.30. The van der Waals surface area contributed by atoms with E-state index in [1.807, 2.05) is 12.1 Å². The Morgan fingerprint density at radius 2 is 2.26 bits per heavy atom. The van der Waals surface area contributed by atoms with Crippen LogP contribution in [0.3, 0.4) is 0 Å². The lowest BCUT2D eigenvalue weighted by Gasteiger charge is -2.38. The highest BCUT2D eigenvalue weighted by Crippen LogP contribution is 2.35. The summed E-state index contributed by atoms with van der Waals surface area (Å²) in [6.07, 6.45) is 5.48. The van der Waals surface area contributed by atoms with E-state index < -0.39 is 0 Å². The largest absolute Gasteiger partial charge is 0.392 e. The van der Waals surface area contributed by atoms with Gasteiger partial charge in [0, 0.05) is 24.1 Å². The molecule has 1 aliphatic carbocycles. The topological polar surface area (TPSA) is 98.2 Å². The number of aromatic amines is 1. The van der Waals surface area contributed by atoms with Crippen LogP contribution in [0.2, 0.25) is 0 Å². The Kier molecular flexibility index (Phi) is 6.45. The van der Waals surface area contributed by atoms with Crippen molar-refractivity contribution in [1.82, 2.24) is 25.8 Å². The third kappa shape index (κ3) is 5.07. The van der Waals surface area contributed by atoms with Crippen molar-refractivity contribution < 1.29 is 5.11 Å². The highest BCUT2D eigenvalue weighted by atomic mass is 16.3. The van der Waals surface area contributed by atoms with E-state index in [1.54, 1.807) is 0 Å². The fourth-order valence-electron chi connectivity index (χ4n) is 3.55. The van der Waals surface area contributed by atoms with Crippen molar-refractivity contribution in [2.75, 3.05) is 13.1 Å². The van der Waals surface area contributed by atoms with E-state index in [0.29, 0.717) is 6.54 Å². The minimum atomic E-state index is -0.250. The average Bonchev–Trinajstić information content (AvgIpc) is 3.22. The maximum absolute atomic E-state index is 10.4. The van der Waals surface area contributed by atoms with Crippen LogP contribution in [0.1, 0.15) is 45.1 Å². The Bertz CT molecular complexity index is 745. The number of aliphatic imine (C=N–C) groups is 1. The molecule has 1 fully saturated rings. The lowest BCUT2D eigenvalue weighted by molar-refractivity contribution is 0.00397. The first-order valence-corrected chi connectivity index (χ1v) is 9.75. The number of rotatable bonds is 6. The van der Waals surface area contributed by atoms with Gasteiger partial charge >= 0.3 is 0 Å². The van der Waals surface area contributed by atoms with Gasteiger partial charge in [-0.1, -0.05) is 38.0 Å². The second-order valence-electron chi connectivity index (χ2n) is 7.50. The molecule has 7 heteroatoms. The second kappa shape index (κ2) is 8.99. The Balaban J connectivity index is 1.64. The highest BCUT2D eigenvalue weighted by Gasteiger charge is 2.35. The van der Waals surface area contributed by atoms with Gasteiger partial charge in [0.2, 0.25) is 0 Å². The van der Waals surface area contributed by atoms with Gasteiger partial charge in [0.1, 0.15) is 6.33 Å². The molecule has 0 spiro atoms. The SMILES string of the molecule is CCNC(=NCc1cccc(-c2ncn[nH]2)c1)NCC1(C)CCCCC1O. The average molecular weight is 371 g/mol. The van der Waals surface area contributed by atoms with Crippen LogP contribution in [0.5, 0.6) is 0 Å². The minimum absolute atomic E-state index is 0.0966. The number of aromatic nitrogens is 3. The molecule has 27 heavy (non-hydrogen) atoms. The van der Waals surface area contributed by atoms with E-state index in [2.05, 4.69) is 51.8 Å². The summed E-state index contributed by atoms with van der Waals surface area (Å²) in [5, 5.41) is 23.9. The summed E-state index contributed by atoms with van der Waals surface area (Å²) in [4.78, 5) is 8.91. The number of hydrogen-bond donors (Lipinski definition) is 4. The van der Waals surface area contributed by atoms with Gasteiger partial charge in [0.05, 0.1) is 12.6 Å². The molecule has 2 aromatic rings. The molecule has 0 amide bonds. The van der Waals surface area contributed by atoms with Crippen molar-refractivity contribution in [1.29, 1.82) is 0 Å². The van der Waals surface area contributed by atoms with Crippen molar-refractivity contribution in [2.45, 2.75) is 52.2 Å². The number of nitrogens with zero attached hydrogens (tertiary/aromatic N) is 3. The summed E-state index contributed by atoms with van der Waals surface area (Å²) in [5.74, 6) is 1.53. The molecular weight excluding hydrogens is 340 g/mol. The molecule has 7 nitrogen and oxygen atoms in total. The summed E-state index contributed by atoms with van der Waals surface area (Å²) in [6, 6.07) is 8.13. The van der Waals surface area contributed by atoms with Gasteiger partial charge in [-0.25, -0.2) is 9.98 Å². The molecule has 1 saturated carbocycles. The van der Waals surface area contributed by atoms with Gasteiger partial charge in [-0.3, -0.25) is 5.10 Å². The zero-order valence-corrected chi connectivity index (χ0v) is 16.2. The standard InChI is InChI=1S/C20H30N6O/c1-3-21-19(23-13-20(2)10-5-4-9-17(20)27)22-12-15-7-6-8-16(11-15)18-24-14-25-26-18/h6-8,11,14,17,27H,3-5,9-10,12-13H2,1-2H3,(H2,21,22,23)(H,24,25,26). The van der Waals surface area contributed by atoms with Crippen molar-refractivity contribution in [2.24, 2.45) is 10.4 Å². The van der Waals surface area contributed by atoms with E-state index in [1.165, 1.54) is 12.7 Å². The van der Waals surface area contributed by atoms with E-state index in [-0.39, 0.29) is 11.5 Å². The van der Waals surface area contributed by atoms with Gasteiger partial charge in [-0.2, -0.15) is 5.10 Å². The second-order valence-corrected chi connectivity index (χ2v) is 7.50. The van der Waals surface area contributed by atoms with Crippen LogP contribution in [0.4, 0.5) is 0 Å². The van der Waals surface area contributed by atoms with Crippen molar-refractivity contribution in [3.63, 3.8) is 0 Å². The minimum Gasteiger partial charge on any atom is -0.392 e. The number of aliphatic hydroxyl groups excluding tert-OH is 1. The van der Waals surface area contributed by atoms with E-state index in [9.17, 15) is 5.11 Å². The van der Waals surface area contributed by atoms with E-state index in [4.69, 9.17) is 4.99 Å². The summed E-state index contributed by atoms with van der Waals surface area (Å²) in [7, 11) is 0. The molecule has 1 heterocycles. The number of guanidine groups is 1. The van der Waals surface area contributed by atoms with Crippen LogP contribution in [-0.4, -0.2) is 45.4 Å². The fraction of sp³-hybridized carbons (Fsp3) is 0.550. The molecule has 0 bridgehead atoms. The Morgan fingerprint density at radius 1 is 1.37 bits per heavy atom. The summed E-state index contributed by atoms with van der Waals surface area (Å²) >= 11 is 0. The van der Waals surface area contributed by atoms with Crippen LogP contribution in [-0.2, 0) is 6.54 Å². The van der Waals surface area contributed by atoms with Crippen LogP contribution in [0.25, 0.3) is 11.4 Å². The predicted molar refractivity (Wildman–Crippen MR) is 107 cm³/mol. The number of aliphatic hydroxyl groups is 1. The molecular formula is C20H30N6O. The zero-order chi connectivity index (χ0) is 19.1. The maximum atomic E-state index is 10.4. The zero-order valence-electron chi connectivity index (χ0n) is 16.2. The molecule has 0 radical (unpaired) electrons. The van der Waals surface area contributed by atoms with E-state index >= 15 is 0 Å². The van der Waals surface area contributed by atoms with Gasteiger partial charge < -0.3 is 15.7 Å². The van der Waals surface area contributed by atoms with Crippen LogP contribution in [0, 0.1) is 5.41 Å². The quantitative estimate of drug-likeness (QED) is 0.463. The van der Waals surface area contributed by atoms with Gasteiger partial charge in [0.25, 0.3) is 0 Å². The van der Waals surface area contributed by atoms with Gasteiger partial charge in [-0.15, -0.1) is 0 Å². The first-order chi connectivity index (χ1) is 13.1. The number of hydrogen-bond acceptors (Lipinski definition) is 4. The van der Waals surface area contributed by atoms with Gasteiger partial charge in [0.15, 0.2) is 11.8 Å². The molecule has 2 unspecified atom stereocenters. The third-order valence-corrected chi connectivity index (χ3v) is 5.32. The molecule has 3 rings (SSSR count). The molecule has 0 saturated heterocycles. The molecule has 2 atom stereocenters. The molecule has 1 aromatic heterocycles. The Hall–Kier alpha value is -2.41. The van der Waals surface area contributed by atoms with Crippen molar-refractivity contribution in [3.8, 4) is 11.4 Å². The highest BCUT2D eigenvalue weighted by molar-refractivity contribution is 5.79. The van der Waals surface area contributed by atoms with Crippen LogP contribution in [0.15, 0.2) is 35.6 Å². The van der Waals surface area contributed by atoms with E-state index in [0.717, 1.165) is 55.3 Å². The fourth-order valence-corrected chi connectivity index (χ4v) is 3.55. The van der Waals surface area contributed by atoms with Crippen LogP contribution < -0.4 is 10.6 Å². The molecule has 1 aromatic carbocycles. The number of nitrogens with one attached hydrogen (secondary N) is 3. The normalized spacial score (nSPS) is 23.2. The molecule has 1 aliphatic rings. The van der Waals surface area contributed by atoms with Crippen molar-refractivity contribution in [3.05, 3.63) is 36.2 Å². The Morgan fingerprint density at radius 3 is 3.00 bits per heavy atom. The van der Waals surface area contributed by atoms with Gasteiger partial charge in [-0.05, 0) is 31.4 Å². The first kappa shape index (κ1) is 19.4. The Labute approximate surface area is 160 Å². The number of benzene rings is 1. The third-order valence-electron chi connectivity index (χ3n) is 5.32. The summed E-state index contributed by atoms with van der Waals surface area (Å²) < 4.78 is 0. The molecule has 146 valence electrons. The van der Waals surface area contributed by atoms with Crippen LogP contribution >= 0.6 is 0 Å². The molecule has 4 N–H and O–H groups in total. The summed E-state index contributed by atoms with van der Waals surface area (Å²) in [5.41, 5.74) is 2.00. The lowest BCUT2D eigenvalue weighted by Crippen LogP contribution is -2.48. The predicted octanol–water partition coefficient (Wildman–Crippen LogP) is 2.47. The monoisotopic (exact) mass is 370 g/mol. The molecule has 0 aliphatic heterocycles.